The van der Waals surface area contributed by atoms with E-state index in [2.05, 4.69) is 42.2 Å². The Balaban J connectivity index is 0.000000231. The van der Waals surface area contributed by atoms with Gasteiger partial charge in [-0.2, -0.15) is 26.3 Å². The zero-order valence-electron chi connectivity index (χ0n) is 21.3. The van der Waals surface area contributed by atoms with Crippen LogP contribution in [0.2, 0.25) is 0 Å². The molecule has 0 bridgehead atoms. The third-order valence-corrected chi connectivity index (χ3v) is 7.50. The molecule has 0 aliphatic carbocycles. The number of benzene rings is 2. The molecule has 0 saturated carbocycles. The van der Waals surface area contributed by atoms with Crippen LogP contribution in [0.25, 0.3) is 11.0 Å². The van der Waals surface area contributed by atoms with E-state index < -0.39 is 24.2 Å². The van der Waals surface area contributed by atoms with Gasteiger partial charge in [0.25, 0.3) is 0 Å². The minimum atomic E-state index is -4.21. The minimum absolute atomic E-state index is 0.108. The first-order valence-corrected chi connectivity index (χ1v) is 13.9. The molecule has 0 radical (unpaired) electrons. The van der Waals surface area contributed by atoms with Crippen molar-refractivity contribution in [1.29, 1.82) is 0 Å². The van der Waals surface area contributed by atoms with E-state index in [4.69, 9.17) is 10.5 Å². The number of nitrogens with zero attached hydrogens (tertiary/aromatic N) is 2. The van der Waals surface area contributed by atoms with Crippen LogP contribution < -0.4 is 11.1 Å². The van der Waals surface area contributed by atoms with Crippen LogP contribution in [0.3, 0.4) is 0 Å². The number of aromatic nitrogens is 2. The SMILES string of the molecule is CC(CNc1cc(Br)ccc1N)C(F)(F)F.CC(Cn1c(C2CCOCC2)nc2ccc(Br)cc21)C(F)(F)F. The topological polar surface area (TPSA) is 65.1 Å². The predicted octanol–water partition coefficient (Wildman–Crippen LogP) is 8.53. The van der Waals surface area contributed by atoms with Crippen molar-refractivity contribution in [3.05, 3.63) is 51.2 Å². The first-order chi connectivity index (χ1) is 18.2. The highest BCUT2D eigenvalue weighted by atomic mass is 79.9. The van der Waals surface area contributed by atoms with Crippen molar-refractivity contribution in [2.75, 3.05) is 30.8 Å². The van der Waals surface area contributed by atoms with Crippen molar-refractivity contribution in [3.63, 3.8) is 0 Å². The number of nitrogen functional groups attached to an aromatic ring is 1. The van der Waals surface area contributed by atoms with Gasteiger partial charge in [-0.25, -0.2) is 4.98 Å². The van der Waals surface area contributed by atoms with Gasteiger partial charge in [0, 0.05) is 41.2 Å². The maximum Gasteiger partial charge on any atom is 0.393 e. The van der Waals surface area contributed by atoms with Crippen LogP contribution in [-0.2, 0) is 11.3 Å². The molecule has 2 unspecified atom stereocenters. The average Bonchev–Trinajstić information content (AvgIpc) is 3.21. The molecule has 216 valence electrons. The van der Waals surface area contributed by atoms with E-state index in [1.807, 2.05) is 18.2 Å². The van der Waals surface area contributed by atoms with Gasteiger partial charge in [0.15, 0.2) is 0 Å². The van der Waals surface area contributed by atoms with Crippen molar-refractivity contribution >= 4 is 54.3 Å². The number of nitrogens with one attached hydrogen (secondary N) is 1. The van der Waals surface area contributed by atoms with Gasteiger partial charge in [0.2, 0.25) is 0 Å². The number of imidazole rings is 1. The van der Waals surface area contributed by atoms with Crippen molar-refractivity contribution < 1.29 is 31.1 Å². The van der Waals surface area contributed by atoms with E-state index in [1.165, 1.54) is 6.92 Å². The lowest BCUT2D eigenvalue weighted by Gasteiger charge is -2.24. The lowest BCUT2D eigenvalue weighted by atomic mass is 9.99. The Kier molecular flexibility index (Phi) is 10.6. The first kappa shape index (κ1) is 31.5. The number of anilines is 2. The van der Waals surface area contributed by atoms with Crippen LogP contribution in [0, 0.1) is 11.8 Å². The summed E-state index contributed by atoms with van der Waals surface area (Å²) in [7, 11) is 0. The Morgan fingerprint density at radius 1 is 0.974 bits per heavy atom. The van der Waals surface area contributed by atoms with E-state index in [1.54, 1.807) is 22.8 Å². The van der Waals surface area contributed by atoms with E-state index in [-0.39, 0.29) is 19.0 Å². The molecule has 2 aromatic carbocycles. The number of alkyl halides is 6. The van der Waals surface area contributed by atoms with Crippen molar-refractivity contribution in [2.24, 2.45) is 11.8 Å². The van der Waals surface area contributed by atoms with E-state index in [0.29, 0.717) is 24.6 Å². The monoisotopic (exact) mass is 686 g/mol. The highest BCUT2D eigenvalue weighted by molar-refractivity contribution is 9.10. The molecular weight excluding hydrogens is 658 g/mol. The number of ether oxygens (including phenoxy) is 1. The summed E-state index contributed by atoms with van der Waals surface area (Å²) in [5.74, 6) is -1.93. The zero-order valence-corrected chi connectivity index (χ0v) is 24.5. The Morgan fingerprint density at radius 2 is 1.56 bits per heavy atom. The summed E-state index contributed by atoms with van der Waals surface area (Å²) in [5.41, 5.74) is 8.04. The van der Waals surface area contributed by atoms with E-state index >= 15 is 0 Å². The lowest BCUT2D eigenvalue weighted by molar-refractivity contribution is -0.172. The highest BCUT2D eigenvalue weighted by Gasteiger charge is 2.37. The Hall–Kier alpha value is -1.99. The molecule has 2 atom stereocenters. The Bertz CT molecular complexity index is 1240. The quantitative estimate of drug-likeness (QED) is 0.201. The summed E-state index contributed by atoms with van der Waals surface area (Å²) in [5, 5.41) is 2.69. The molecule has 1 aromatic heterocycles. The maximum absolute atomic E-state index is 13.0. The average molecular weight is 688 g/mol. The standard InChI is InChI=1S/C16H18BrF3N2O.C10H12BrF3N2/c1-10(16(18,19)20)9-22-14-8-12(17)2-3-13(14)21-15(22)11-4-6-23-7-5-11;1-6(10(12,13)14)5-16-9-4-7(11)2-3-8(9)15/h2-3,8,10-11H,4-7,9H2,1H3;2-4,6,16H,5,15H2,1H3. The van der Waals surface area contributed by atoms with Crippen LogP contribution in [-0.4, -0.2) is 41.7 Å². The number of hydrogen-bond donors (Lipinski definition) is 2. The van der Waals surface area contributed by atoms with Gasteiger partial charge in [-0.15, -0.1) is 0 Å². The molecular formula is C26H30Br2F6N4O. The lowest BCUT2D eigenvalue weighted by Crippen LogP contribution is -2.27. The van der Waals surface area contributed by atoms with E-state index in [9.17, 15) is 26.3 Å². The molecule has 4 rings (SSSR count). The summed E-state index contributed by atoms with van der Waals surface area (Å²) in [6.45, 7) is 3.31. The van der Waals surface area contributed by atoms with Gasteiger partial charge < -0.3 is 20.4 Å². The molecule has 1 saturated heterocycles. The second-order valence-electron chi connectivity index (χ2n) is 9.60. The Morgan fingerprint density at radius 3 is 2.18 bits per heavy atom. The van der Waals surface area contributed by atoms with Gasteiger partial charge >= 0.3 is 12.4 Å². The number of rotatable bonds is 6. The van der Waals surface area contributed by atoms with Gasteiger partial charge in [0.1, 0.15) is 5.82 Å². The van der Waals surface area contributed by atoms with Gasteiger partial charge in [-0.3, -0.25) is 0 Å². The van der Waals surface area contributed by atoms with E-state index in [0.717, 1.165) is 45.6 Å². The second-order valence-corrected chi connectivity index (χ2v) is 11.4. The van der Waals surface area contributed by atoms with Gasteiger partial charge in [-0.05, 0) is 49.2 Å². The summed E-state index contributed by atoms with van der Waals surface area (Å²) in [6.07, 6.45) is -6.81. The predicted molar refractivity (Wildman–Crippen MR) is 148 cm³/mol. The highest BCUT2D eigenvalue weighted by Crippen LogP contribution is 2.34. The Labute approximate surface area is 239 Å². The third kappa shape index (κ3) is 8.75. The number of fused-ring (bicyclic) bond motifs is 1. The third-order valence-electron chi connectivity index (χ3n) is 6.51. The van der Waals surface area contributed by atoms with Gasteiger partial charge in [0.05, 0.1) is 34.2 Å². The summed E-state index contributed by atoms with van der Waals surface area (Å²) in [6, 6.07) is 10.6. The first-order valence-electron chi connectivity index (χ1n) is 12.3. The molecule has 0 amide bonds. The minimum Gasteiger partial charge on any atom is -0.397 e. The molecule has 1 fully saturated rings. The smallest absolute Gasteiger partial charge is 0.393 e. The van der Waals surface area contributed by atoms with Crippen molar-refractivity contribution in [3.8, 4) is 0 Å². The summed E-state index contributed by atoms with van der Waals surface area (Å²) in [4.78, 5) is 4.63. The number of hydrogen-bond acceptors (Lipinski definition) is 4. The molecule has 5 nitrogen and oxygen atoms in total. The number of halogens is 8. The molecule has 39 heavy (non-hydrogen) atoms. The fraction of sp³-hybridized carbons (Fsp3) is 0.500. The van der Waals surface area contributed by atoms with Crippen molar-refractivity contribution in [2.45, 2.75) is 51.5 Å². The largest absolute Gasteiger partial charge is 0.397 e. The zero-order chi connectivity index (χ0) is 29.0. The molecule has 13 heteroatoms. The normalized spacial score (nSPS) is 16.5. The van der Waals surface area contributed by atoms with Crippen LogP contribution in [0.15, 0.2) is 45.3 Å². The van der Waals surface area contributed by atoms with Crippen LogP contribution >= 0.6 is 31.9 Å². The number of nitrogens with two attached hydrogens (primary N) is 1. The van der Waals surface area contributed by atoms with Gasteiger partial charge in [-0.1, -0.05) is 45.7 Å². The maximum atomic E-state index is 13.0. The van der Waals surface area contributed by atoms with Crippen LogP contribution in [0.4, 0.5) is 37.7 Å². The molecule has 0 spiro atoms. The fourth-order valence-electron chi connectivity index (χ4n) is 4.01. The summed E-state index contributed by atoms with van der Waals surface area (Å²) < 4.78 is 84.6. The molecule has 1 aliphatic heterocycles. The van der Waals surface area contributed by atoms with Crippen LogP contribution in [0.5, 0.6) is 0 Å². The molecule has 2 heterocycles. The fourth-order valence-corrected chi connectivity index (χ4v) is 4.72. The summed E-state index contributed by atoms with van der Waals surface area (Å²) >= 11 is 6.62. The van der Waals surface area contributed by atoms with Crippen LogP contribution in [0.1, 0.15) is 38.4 Å². The molecule has 3 aromatic rings. The molecule has 3 N–H and O–H groups in total. The molecule has 1 aliphatic rings. The van der Waals surface area contributed by atoms with Crippen molar-refractivity contribution in [1.82, 2.24) is 9.55 Å². The second kappa shape index (κ2) is 13.1.